The monoisotopic (exact) mass is 584 g/mol. The number of aliphatic hydroxyl groups is 1. The van der Waals surface area contributed by atoms with Gasteiger partial charge in [0.1, 0.15) is 23.6 Å². The first kappa shape index (κ1) is 30.7. The smallest absolute Gasteiger partial charge is 0.338 e. The second-order valence-electron chi connectivity index (χ2n) is 12.9. The molecule has 9 heteroatoms. The summed E-state index contributed by atoms with van der Waals surface area (Å²) in [7, 11) is 0. The SMILES string of the molecule is C[C@@H]1C[C@@]23CC[C@@]4(O[C@H](CCOCc5cccc(c5)C(=O)OC/C=C/CCC(C)(C)OC(=O)C=C1O2)CC[C@@]4(C)O)O3. The molecule has 4 aliphatic rings. The summed E-state index contributed by atoms with van der Waals surface area (Å²) in [5.41, 5.74) is -0.553. The Balaban J connectivity index is 1.34. The predicted octanol–water partition coefficient (Wildman–Crippen LogP) is 5.50. The van der Waals surface area contributed by atoms with Gasteiger partial charge in [-0.2, -0.15) is 0 Å². The van der Waals surface area contributed by atoms with Crippen molar-refractivity contribution in [2.45, 2.75) is 115 Å². The van der Waals surface area contributed by atoms with Gasteiger partial charge in [0.2, 0.25) is 11.6 Å². The zero-order valence-corrected chi connectivity index (χ0v) is 25.2. The zero-order chi connectivity index (χ0) is 30.0. The van der Waals surface area contributed by atoms with Gasteiger partial charge < -0.3 is 33.5 Å². The zero-order valence-electron chi connectivity index (χ0n) is 25.2. The minimum Gasteiger partial charge on any atom is -0.466 e. The summed E-state index contributed by atoms with van der Waals surface area (Å²) in [4.78, 5) is 25.4. The Morgan fingerprint density at radius 1 is 0.976 bits per heavy atom. The van der Waals surface area contributed by atoms with Crippen LogP contribution in [0.5, 0.6) is 0 Å². The maximum atomic E-state index is 12.9. The van der Waals surface area contributed by atoms with Gasteiger partial charge in [0.05, 0.1) is 24.4 Å². The summed E-state index contributed by atoms with van der Waals surface area (Å²) in [6.45, 7) is 8.45. The first-order valence-corrected chi connectivity index (χ1v) is 15.1. The standard InChI is InChI=1S/C33H44O9/c1-23-21-32-15-16-33(42-32)31(4,36)14-11-26(39-33)12-18-37-22-24-9-8-10-25(19-24)29(35)38-17-7-5-6-13-30(2,3)41-28(34)20-27(23)40-32/h5,7-10,19-20,23,26,36H,6,11-18,21-22H2,1-4H3/b7-5+,27-20?/t23-,26+,31-,32+,33-/m1/s1. The first-order chi connectivity index (χ1) is 19.9. The molecule has 1 aromatic carbocycles. The topological polar surface area (TPSA) is 110 Å². The van der Waals surface area contributed by atoms with E-state index in [4.69, 9.17) is 28.4 Å². The molecule has 230 valence electrons. The molecule has 1 aromatic rings. The Hall–Kier alpha value is -2.72. The Morgan fingerprint density at radius 2 is 1.81 bits per heavy atom. The highest BCUT2D eigenvalue weighted by atomic mass is 16.8. The van der Waals surface area contributed by atoms with E-state index in [0.29, 0.717) is 75.9 Å². The van der Waals surface area contributed by atoms with Crippen molar-refractivity contribution in [2.24, 2.45) is 5.92 Å². The summed E-state index contributed by atoms with van der Waals surface area (Å²) < 4.78 is 36.5. The molecule has 3 fully saturated rings. The Labute approximate surface area is 248 Å². The van der Waals surface area contributed by atoms with Crippen LogP contribution >= 0.6 is 0 Å². The summed E-state index contributed by atoms with van der Waals surface area (Å²) >= 11 is 0. The van der Waals surface area contributed by atoms with Crippen LogP contribution in [0.3, 0.4) is 0 Å². The molecule has 4 aliphatic heterocycles. The van der Waals surface area contributed by atoms with E-state index in [-0.39, 0.29) is 18.6 Å². The van der Waals surface area contributed by atoms with Gasteiger partial charge in [-0.3, -0.25) is 0 Å². The molecule has 0 saturated carbocycles. The van der Waals surface area contributed by atoms with E-state index in [1.165, 1.54) is 6.08 Å². The number of rotatable bonds is 0. The van der Waals surface area contributed by atoms with Crippen LogP contribution in [-0.2, 0) is 39.8 Å². The van der Waals surface area contributed by atoms with Crippen LogP contribution < -0.4 is 0 Å². The summed E-state index contributed by atoms with van der Waals surface area (Å²) in [6.07, 6.45) is 9.61. The number of fused-ring (bicyclic) bond motifs is 4. The number of hydrogen-bond acceptors (Lipinski definition) is 9. The van der Waals surface area contributed by atoms with Gasteiger partial charge in [-0.15, -0.1) is 0 Å². The maximum absolute atomic E-state index is 12.9. The molecule has 5 rings (SSSR count). The molecule has 2 spiro atoms. The molecular formula is C33H44O9. The van der Waals surface area contributed by atoms with E-state index in [9.17, 15) is 14.7 Å². The van der Waals surface area contributed by atoms with E-state index < -0.39 is 34.7 Å². The van der Waals surface area contributed by atoms with E-state index >= 15 is 0 Å². The molecule has 0 amide bonds. The average Bonchev–Trinajstić information content (AvgIpc) is 3.43. The van der Waals surface area contributed by atoms with Crippen LogP contribution in [0.4, 0.5) is 0 Å². The molecule has 0 radical (unpaired) electrons. The lowest BCUT2D eigenvalue weighted by atomic mass is 9.83. The molecule has 5 atom stereocenters. The van der Waals surface area contributed by atoms with Crippen molar-refractivity contribution in [1.82, 2.24) is 0 Å². The van der Waals surface area contributed by atoms with Crippen molar-refractivity contribution >= 4 is 11.9 Å². The fraction of sp³-hybridized carbons (Fsp3) is 0.636. The van der Waals surface area contributed by atoms with Gasteiger partial charge >= 0.3 is 11.9 Å². The van der Waals surface area contributed by atoms with Gasteiger partial charge in [-0.1, -0.05) is 31.2 Å². The van der Waals surface area contributed by atoms with Crippen LogP contribution in [0.15, 0.2) is 48.3 Å². The van der Waals surface area contributed by atoms with E-state index in [2.05, 4.69) is 0 Å². The lowest BCUT2D eigenvalue weighted by Gasteiger charge is -2.48. The van der Waals surface area contributed by atoms with E-state index in [0.717, 1.165) is 5.56 Å². The second-order valence-corrected chi connectivity index (χ2v) is 12.9. The number of hydrogen-bond donors (Lipinski definition) is 1. The highest BCUT2D eigenvalue weighted by Crippen LogP contribution is 2.55. The highest BCUT2D eigenvalue weighted by Gasteiger charge is 2.64. The summed E-state index contributed by atoms with van der Waals surface area (Å²) in [5.74, 6) is -2.59. The van der Waals surface area contributed by atoms with Gasteiger partial charge in [-0.25, -0.2) is 9.59 Å². The number of carbonyl (C=O) groups is 2. The Morgan fingerprint density at radius 3 is 2.64 bits per heavy atom. The number of ether oxygens (including phenoxy) is 6. The Kier molecular flexibility index (Phi) is 8.86. The lowest BCUT2D eigenvalue weighted by molar-refractivity contribution is -0.382. The van der Waals surface area contributed by atoms with Crippen molar-refractivity contribution in [3.63, 3.8) is 0 Å². The van der Waals surface area contributed by atoms with Crippen molar-refractivity contribution in [3.8, 4) is 0 Å². The van der Waals surface area contributed by atoms with Gasteiger partial charge in [0.25, 0.3) is 0 Å². The van der Waals surface area contributed by atoms with E-state index in [1.54, 1.807) is 25.1 Å². The van der Waals surface area contributed by atoms with Gasteiger partial charge in [0.15, 0.2) is 0 Å². The van der Waals surface area contributed by atoms with Crippen molar-refractivity contribution < 1.29 is 43.1 Å². The van der Waals surface area contributed by atoms with Crippen LogP contribution in [0, 0.1) is 5.92 Å². The molecule has 1 N–H and O–H groups in total. The lowest BCUT2D eigenvalue weighted by Crippen LogP contribution is -2.60. The molecule has 6 bridgehead atoms. The van der Waals surface area contributed by atoms with Gasteiger partial charge in [0, 0.05) is 31.8 Å². The van der Waals surface area contributed by atoms with Crippen molar-refractivity contribution in [3.05, 3.63) is 59.4 Å². The number of esters is 2. The maximum Gasteiger partial charge on any atom is 0.338 e. The number of carbonyl (C=O) groups excluding carboxylic acids is 2. The fourth-order valence-corrected chi connectivity index (χ4v) is 6.31. The number of cyclic esters (lactones) is 2. The van der Waals surface area contributed by atoms with Crippen LogP contribution in [0.25, 0.3) is 0 Å². The molecule has 4 heterocycles. The largest absolute Gasteiger partial charge is 0.466 e. The van der Waals surface area contributed by atoms with Crippen LogP contribution in [0.2, 0.25) is 0 Å². The third-order valence-electron chi connectivity index (χ3n) is 8.77. The minimum atomic E-state index is -1.21. The third kappa shape index (κ3) is 6.91. The quantitative estimate of drug-likeness (QED) is 0.312. The van der Waals surface area contributed by atoms with Gasteiger partial charge in [-0.05, 0) is 70.6 Å². The fourth-order valence-electron chi connectivity index (χ4n) is 6.31. The predicted molar refractivity (Wildman–Crippen MR) is 153 cm³/mol. The molecule has 9 nitrogen and oxygen atoms in total. The molecule has 0 aromatic heterocycles. The minimum absolute atomic E-state index is 0.0590. The third-order valence-corrected chi connectivity index (χ3v) is 8.77. The number of benzene rings is 1. The summed E-state index contributed by atoms with van der Waals surface area (Å²) in [6, 6.07) is 7.24. The second kappa shape index (κ2) is 12.1. The Bertz CT molecular complexity index is 1220. The number of allylic oxidation sites excluding steroid dienone is 2. The van der Waals surface area contributed by atoms with Crippen LogP contribution in [-0.4, -0.2) is 59.1 Å². The highest BCUT2D eigenvalue weighted by molar-refractivity contribution is 5.89. The normalized spacial score (nSPS) is 36.8. The first-order valence-electron chi connectivity index (χ1n) is 15.1. The molecular weight excluding hydrogens is 540 g/mol. The van der Waals surface area contributed by atoms with Crippen molar-refractivity contribution in [2.75, 3.05) is 13.2 Å². The molecule has 0 aliphatic carbocycles. The molecule has 42 heavy (non-hydrogen) atoms. The van der Waals surface area contributed by atoms with Crippen LogP contribution in [0.1, 0.15) is 95.0 Å². The summed E-state index contributed by atoms with van der Waals surface area (Å²) in [5, 5.41) is 11.4. The van der Waals surface area contributed by atoms with Crippen molar-refractivity contribution in [1.29, 1.82) is 0 Å². The van der Waals surface area contributed by atoms with E-state index in [1.807, 2.05) is 39.0 Å². The average molecular weight is 585 g/mol. The molecule has 0 unspecified atom stereocenters. The molecule has 3 saturated heterocycles.